The van der Waals surface area contributed by atoms with Gasteiger partial charge < -0.3 is 34.9 Å². The number of carboxylic acid groups (broad SMARTS) is 1. The van der Waals surface area contributed by atoms with Gasteiger partial charge in [-0.25, -0.2) is 9.78 Å². The quantitative estimate of drug-likeness (QED) is 0.319. The normalized spacial score (nSPS) is 10.8. The fourth-order valence-electron chi connectivity index (χ4n) is 3.06. The van der Waals surface area contributed by atoms with Gasteiger partial charge in [-0.15, -0.1) is 0 Å². The number of nitrogens with one attached hydrogen (secondary N) is 2. The Kier molecular flexibility index (Phi) is 11.8. The number of rotatable bonds is 7. The van der Waals surface area contributed by atoms with Crippen LogP contribution in [0.1, 0.15) is 18.0 Å². The van der Waals surface area contributed by atoms with Crippen molar-refractivity contribution in [1.29, 1.82) is 0 Å². The van der Waals surface area contributed by atoms with Gasteiger partial charge in [-0.1, -0.05) is 30.0 Å². The van der Waals surface area contributed by atoms with E-state index >= 15 is 0 Å². The Hall–Kier alpha value is -2.34. The summed E-state index contributed by atoms with van der Waals surface area (Å²) in [6.07, 6.45) is 2.37. The van der Waals surface area contributed by atoms with Gasteiger partial charge in [0, 0.05) is 43.5 Å². The largest absolute Gasteiger partial charge is 1.00 e. The molecule has 10 nitrogen and oxygen atoms in total. The van der Waals surface area contributed by atoms with Gasteiger partial charge in [0.2, 0.25) is 5.88 Å². The number of amides is 2. The molecule has 3 rings (SSSR count). The Balaban J connectivity index is 0.00000289. The van der Waals surface area contributed by atoms with Crippen LogP contribution >= 0.6 is 0 Å². The van der Waals surface area contributed by atoms with Crippen LogP contribution in [0.5, 0.6) is 11.6 Å². The second kappa shape index (κ2) is 13.5. The summed E-state index contributed by atoms with van der Waals surface area (Å²) in [5.41, 5.74) is 0.868. The molecular weight excluding hydrogens is 462 g/mol. The molecule has 0 bridgehead atoms. The summed E-state index contributed by atoms with van der Waals surface area (Å²) in [6, 6.07) is 9.61. The molecule has 0 saturated carbocycles. The average Bonchev–Trinajstić information content (AvgIpc) is 2.79. The van der Waals surface area contributed by atoms with Gasteiger partial charge in [0.05, 0.1) is 13.2 Å². The van der Waals surface area contributed by atoms with Crippen molar-refractivity contribution in [3.63, 3.8) is 0 Å². The number of aromatic nitrogens is 2. The molecule has 0 aliphatic carbocycles. The predicted molar refractivity (Wildman–Crippen MR) is 112 cm³/mol. The van der Waals surface area contributed by atoms with E-state index in [4.69, 9.17) is 4.74 Å². The number of ether oxygens (including phenoxy) is 1. The summed E-state index contributed by atoms with van der Waals surface area (Å²) in [6.45, 7) is 0. The van der Waals surface area contributed by atoms with Crippen molar-refractivity contribution < 1.29 is 83.7 Å². The Labute approximate surface area is 239 Å². The first-order valence-corrected chi connectivity index (χ1v) is 9.53. The van der Waals surface area contributed by atoms with Crippen LogP contribution in [0.15, 0.2) is 59.7 Å². The molecule has 34 heavy (non-hydrogen) atoms. The zero-order valence-electron chi connectivity index (χ0n) is 19.3. The summed E-state index contributed by atoms with van der Waals surface area (Å²) in [5, 5.41) is 27.9. The summed E-state index contributed by atoms with van der Waals surface area (Å²) in [5.74, 6) is -1.59. The molecule has 12 heteroatoms. The molecule has 0 aliphatic rings. The minimum Gasteiger partial charge on any atom is -0.871 e. The number of pyridine rings is 2. The monoisotopic (exact) mass is 482 g/mol. The Morgan fingerprint density at radius 3 is 2.50 bits per heavy atom. The second-order valence-corrected chi connectivity index (χ2v) is 6.91. The number of benzene rings is 1. The number of urea groups is 1. The molecule has 0 unspecified atom stereocenters. The summed E-state index contributed by atoms with van der Waals surface area (Å²) in [4.78, 5) is 40.0. The first-order chi connectivity index (χ1) is 15.3. The number of anilines is 1. The molecule has 1 atom stereocenters. The van der Waals surface area contributed by atoms with Gasteiger partial charge in [0.15, 0.2) is 0 Å². The molecule has 1 aromatic carbocycles. The molecule has 0 saturated heterocycles. The number of carboxylic acids is 1. The van der Waals surface area contributed by atoms with Crippen LogP contribution in [0.25, 0.3) is 11.1 Å². The molecule has 166 valence electrons. The summed E-state index contributed by atoms with van der Waals surface area (Å²) < 4.78 is 6.18. The van der Waals surface area contributed by atoms with E-state index in [0.717, 1.165) is 21.8 Å². The third-order valence-electron chi connectivity index (χ3n) is 4.71. The van der Waals surface area contributed by atoms with Gasteiger partial charge >= 0.3 is 65.1 Å². The average molecular weight is 482 g/mol. The van der Waals surface area contributed by atoms with Crippen molar-refractivity contribution in [3.05, 3.63) is 70.8 Å². The minimum absolute atomic E-state index is 0. The van der Waals surface area contributed by atoms with Gasteiger partial charge in [-0.05, 0) is 23.3 Å². The predicted octanol–water partition coefficient (Wildman–Crippen LogP) is -5.46. The minimum atomic E-state index is -1.38. The van der Waals surface area contributed by atoms with Gasteiger partial charge in [-0.2, -0.15) is 0 Å². The standard InChI is InChI=1S/C22H22N4O6.2Na/c1-26-9-8-17(27)20(21(26)30)25-22(31)24-16(11-19(28)29)14-5-3-4-13(10-14)15-6-7-18(32-2)23-12-15;;/h3-10,12,16,27H,11H2,1-2H3,(H,28,29)(H2,24,25,31);;/q;2*+1/p-2/t16-;;/m0../s1. The van der Waals surface area contributed by atoms with Crippen LogP contribution in [-0.4, -0.2) is 28.7 Å². The Bertz CT molecular complexity index is 1200. The van der Waals surface area contributed by atoms with E-state index in [1.807, 2.05) is 0 Å². The zero-order valence-corrected chi connectivity index (χ0v) is 23.3. The molecule has 2 N–H and O–H groups in total. The van der Waals surface area contributed by atoms with Crippen LogP contribution in [0.4, 0.5) is 10.5 Å². The van der Waals surface area contributed by atoms with Crippen LogP contribution in [0.3, 0.4) is 0 Å². The number of aryl methyl sites for hydroxylation is 1. The fraction of sp³-hybridized carbons (Fsp3) is 0.182. The zero-order chi connectivity index (χ0) is 23.3. The van der Waals surface area contributed by atoms with Crippen LogP contribution in [0.2, 0.25) is 0 Å². The second-order valence-electron chi connectivity index (χ2n) is 6.91. The maximum absolute atomic E-state index is 12.5. The van der Waals surface area contributed by atoms with E-state index in [9.17, 15) is 24.6 Å². The molecule has 2 amide bonds. The number of hydrogen-bond acceptors (Lipinski definition) is 7. The number of carbonyl (C=O) groups excluding carboxylic acids is 2. The third kappa shape index (κ3) is 7.59. The Morgan fingerprint density at radius 2 is 1.88 bits per heavy atom. The molecule has 0 radical (unpaired) electrons. The fourth-order valence-corrected chi connectivity index (χ4v) is 3.06. The SMILES string of the molecule is COc1ccc(-c2cccc([C@H](CC(=O)[O-])NC(=O)Nc3c([O-])ccn(C)c3=O)c2)cn1.[Na+].[Na+]. The van der Waals surface area contributed by atoms with Crippen molar-refractivity contribution in [1.82, 2.24) is 14.9 Å². The van der Waals surface area contributed by atoms with Crippen molar-refractivity contribution in [2.45, 2.75) is 12.5 Å². The van der Waals surface area contributed by atoms with Crippen molar-refractivity contribution in [3.8, 4) is 22.8 Å². The molecule has 2 heterocycles. The molecule has 0 fully saturated rings. The number of aliphatic carboxylic acids is 1. The molecular formula is C22H20N4Na2O6. The number of carbonyl (C=O) groups is 2. The third-order valence-corrected chi connectivity index (χ3v) is 4.71. The van der Waals surface area contributed by atoms with Crippen molar-refractivity contribution >= 4 is 17.7 Å². The molecule has 3 aromatic rings. The van der Waals surface area contributed by atoms with Crippen LogP contribution in [-0.2, 0) is 11.8 Å². The first kappa shape index (κ1) is 29.7. The van der Waals surface area contributed by atoms with E-state index in [1.54, 1.807) is 42.6 Å². The molecule has 0 spiro atoms. The number of hydrogen-bond donors (Lipinski definition) is 2. The smallest absolute Gasteiger partial charge is 0.871 e. The van der Waals surface area contributed by atoms with E-state index < -0.39 is 41.5 Å². The van der Waals surface area contributed by atoms with Crippen LogP contribution < -0.4 is 90.3 Å². The Morgan fingerprint density at radius 1 is 1.15 bits per heavy atom. The topological polar surface area (TPSA) is 148 Å². The van der Waals surface area contributed by atoms with Gasteiger partial charge in [0.1, 0.15) is 5.69 Å². The molecule has 2 aromatic heterocycles. The van der Waals surface area contributed by atoms with E-state index in [1.165, 1.54) is 20.4 Å². The first-order valence-electron chi connectivity index (χ1n) is 9.53. The maximum Gasteiger partial charge on any atom is 1.00 e. The van der Waals surface area contributed by atoms with E-state index in [0.29, 0.717) is 11.4 Å². The van der Waals surface area contributed by atoms with Crippen molar-refractivity contribution in [2.75, 3.05) is 12.4 Å². The van der Waals surface area contributed by atoms with E-state index in [2.05, 4.69) is 15.6 Å². The maximum atomic E-state index is 12.5. The van der Waals surface area contributed by atoms with Gasteiger partial charge in [-0.3, -0.25) is 4.79 Å². The van der Waals surface area contributed by atoms with Gasteiger partial charge in [0.25, 0.3) is 5.56 Å². The molecule has 0 aliphatic heterocycles. The number of methoxy groups -OCH3 is 1. The van der Waals surface area contributed by atoms with E-state index in [-0.39, 0.29) is 59.1 Å². The van der Waals surface area contributed by atoms with Crippen molar-refractivity contribution in [2.24, 2.45) is 7.05 Å². The summed E-state index contributed by atoms with van der Waals surface area (Å²) in [7, 11) is 2.94. The number of nitrogens with zero attached hydrogens (tertiary/aromatic N) is 2. The summed E-state index contributed by atoms with van der Waals surface area (Å²) >= 11 is 0. The van der Waals surface area contributed by atoms with Crippen LogP contribution in [0, 0.1) is 0 Å².